The molecular weight excluding hydrogens is 272 g/mol. The number of hydrogen-bond donors (Lipinski definition) is 1. The molecule has 0 fully saturated rings. The van der Waals surface area contributed by atoms with E-state index in [1.807, 2.05) is 30.3 Å². The van der Waals surface area contributed by atoms with Gasteiger partial charge >= 0.3 is 0 Å². The zero-order valence-electron chi connectivity index (χ0n) is 11.2. The molecule has 0 unspecified atom stereocenters. The van der Waals surface area contributed by atoms with Crippen molar-refractivity contribution < 1.29 is 9.32 Å². The van der Waals surface area contributed by atoms with E-state index in [0.29, 0.717) is 17.1 Å². The predicted molar refractivity (Wildman–Crippen MR) is 71.6 cm³/mol. The van der Waals surface area contributed by atoms with E-state index in [4.69, 9.17) is 4.52 Å². The summed E-state index contributed by atoms with van der Waals surface area (Å²) >= 11 is 0. The minimum absolute atomic E-state index is 0.200. The van der Waals surface area contributed by atoms with Crippen LogP contribution in [0, 0.1) is 6.92 Å². The first-order valence-electron chi connectivity index (χ1n) is 6.28. The SMILES string of the molecule is Cc1oncc1C(=O)NCc1nnnn1-c1ccccc1. The van der Waals surface area contributed by atoms with Crippen molar-refractivity contribution in [2.45, 2.75) is 13.5 Å². The summed E-state index contributed by atoms with van der Waals surface area (Å²) in [6.45, 7) is 1.88. The fourth-order valence-electron chi connectivity index (χ4n) is 1.86. The van der Waals surface area contributed by atoms with Gasteiger partial charge in [0.1, 0.15) is 11.3 Å². The van der Waals surface area contributed by atoms with Crippen molar-refractivity contribution in [2.75, 3.05) is 0 Å². The number of nitrogens with one attached hydrogen (secondary N) is 1. The quantitative estimate of drug-likeness (QED) is 0.763. The van der Waals surface area contributed by atoms with Gasteiger partial charge in [-0.15, -0.1) is 5.10 Å². The van der Waals surface area contributed by atoms with Crippen LogP contribution in [0.5, 0.6) is 0 Å². The molecule has 21 heavy (non-hydrogen) atoms. The van der Waals surface area contributed by atoms with E-state index in [2.05, 4.69) is 26.0 Å². The van der Waals surface area contributed by atoms with Crippen molar-refractivity contribution in [3.63, 3.8) is 0 Å². The maximum Gasteiger partial charge on any atom is 0.256 e. The largest absolute Gasteiger partial charge is 0.361 e. The van der Waals surface area contributed by atoms with E-state index < -0.39 is 0 Å². The van der Waals surface area contributed by atoms with Crippen molar-refractivity contribution in [3.05, 3.63) is 53.7 Å². The molecular formula is C13H12N6O2. The van der Waals surface area contributed by atoms with Crippen molar-refractivity contribution in [3.8, 4) is 5.69 Å². The third-order valence-corrected chi connectivity index (χ3v) is 2.94. The van der Waals surface area contributed by atoms with Crippen LogP contribution >= 0.6 is 0 Å². The van der Waals surface area contributed by atoms with E-state index in [-0.39, 0.29) is 12.5 Å². The van der Waals surface area contributed by atoms with E-state index in [9.17, 15) is 4.79 Å². The molecule has 0 bridgehead atoms. The van der Waals surface area contributed by atoms with Crippen LogP contribution in [0.1, 0.15) is 21.9 Å². The lowest BCUT2D eigenvalue weighted by molar-refractivity contribution is 0.0948. The molecule has 1 amide bonds. The van der Waals surface area contributed by atoms with Gasteiger partial charge in [-0.05, 0) is 29.5 Å². The zero-order chi connectivity index (χ0) is 14.7. The Morgan fingerprint density at radius 1 is 1.33 bits per heavy atom. The Labute approximate surface area is 119 Å². The van der Waals surface area contributed by atoms with Gasteiger partial charge in [0.2, 0.25) is 0 Å². The molecule has 0 saturated heterocycles. The third kappa shape index (κ3) is 2.64. The minimum atomic E-state index is -0.281. The van der Waals surface area contributed by atoms with Crippen LogP contribution in [-0.2, 0) is 6.54 Å². The normalized spacial score (nSPS) is 10.5. The summed E-state index contributed by atoms with van der Waals surface area (Å²) in [6.07, 6.45) is 1.38. The molecule has 3 aromatic rings. The summed E-state index contributed by atoms with van der Waals surface area (Å²) in [5.41, 5.74) is 1.22. The second-order valence-electron chi connectivity index (χ2n) is 4.32. The second kappa shape index (κ2) is 5.53. The summed E-state index contributed by atoms with van der Waals surface area (Å²) < 4.78 is 6.43. The molecule has 0 radical (unpaired) electrons. The highest BCUT2D eigenvalue weighted by atomic mass is 16.5. The number of nitrogens with zero attached hydrogens (tertiary/aromatic N) is 5. The predicted octanol–water partition coefficient (Wildman–Crippen LogP) is 0.889. The summed E-state index contributed by atoms with van der Waals surface area (Å²) in [6, 6.07) is 9.45. The maximum absolute atomic E-state index is 12.0. The van der Waals surface area contributed by atoms with Crippen LogP contribution in [0.25, 0.3) is 5.69 Å². The van der Waals surface area contributed by atoms with Gasteiger partial charge in [0.15, 0.2) is 5.82 Å². The third-order valence-electron chi connectivity index (χ3n) is 2.94. The molecule has 106 valence electrons. The van der Waals surface area contributed by atoms with Gasteiger partial charge in [0.25, 0.3) is 5.91 Å². The second-order valence-corrected chi connectivity index (χ2v) is 4.32. The van der Waals surface area contributed by atoms with Gasteiger partial charge in [-0.3, -0.25) is 4.79 Å². The monoisotopic (exact) mass is 284 g/mol. The smallest absolute Gasteiger partial charge is 0.256 e. The molecule has 0 atom stereocenters. The zero-order valence-corrected chi connectivity index (χ0v) is 11.2. The van der Waals surface area contributed by atoms with Crippen LogP contribution in [-0.4, -0.2) is 31.3 Å². The Morgan fingerprint density at radius 2 is 2.14 bits per heavy atom. The highest BCUT2D eigenvalue weighted by Gasteiger charge is 2.14. The van der Waals surface area contributed by atoms with E-state index in [0.717, 1.165) is 5.69 Å². The van der Waals surface area contributed by atoms with E-state index in [1.165, 1.54) is 6.20 Å². The Kier molecular flexibility index (Phi) is 3.42. The van der Waals surface area contributed by atoms with Crippen molar-refractivity contribution in [1.82, 2.24) is 30.7 Å². The van der Waals surface area contributed by atoms with Gasteiger partial charge in [0.05, 0.1) is 18.4 Å². The number of hydrogen-bond acceptors (Lipinski definition) is 6. The lowest BCUT2D eigenvalue weighted by Crippen LogP contribution is -2.25. The summed E-state index contributed by atoms with van der Waals surface area (Å²) in [5, 5.41) is 17.8. The summed E-state index contributed by atoms with van der Waals surface area (Å²) in [7, 11) is 0. The minimum Gasteiger partial charge on any atom is -0.361 e. The number of aryl methyl sites for hydroxylation is 1. The van der Waals surface area contributed by atoms with Gasteiger partial charge in [-0.1, -0.05) is 23.4 Å². The Bertz CT molecular complexity index is 749. The number of carbonyl (C=O) groups excluding carboxylic acids is 1. The molecule has 8 nitrogen and oxygen atoms in total. The number of para-hydroxylation sites is 1. The van der Waals surface area contributed by atoms with Crippen LogP contribution in [0.3, 0.4) is 0 Å². The maximum atomic E-state index is 12.0. The molecule has 0 aliphatic heterocycles. The van der Waals surface area contributed by atoms with Gasteiger partial charge in [-0.25, -0.2) is 0 Å². The Morgan fingerprint density at radius 3 is 2.86 bits per heavy atom. The lowest BCUT2D eigenvalue weighted by Gasteiger charge is -2.05. The molecule has 1 aromatic carbocycles. The number of tetrazole rings is 1. The molecule has 3 rings (SSSR count). The summed E-state index contributed by atoms with van der Waals surface area (Å²) in [5.74, 6) is 0.718. The average Bonchev–Trinajstić information content (AvgIpc) is 3.14. The molecule has 8 heteroatoms. The number of rotatable bonds is 4. The molecule has 0 aliphatic rings. The molecule has 0 spiro atoms. The van der Waals surface area contributed by atoms with Crippen molar-refractivity contribution in [1.29, 1.82) is 0 Å². The highest BCUT2D eigenvalue weighted by molar-refractivity contribution is 5.94. The number of benzene rings is 1. The van der Waals surface area contributed by atoms with Crippen molar-refractivity contribution in [2.24, 2.45) is 0 Å². The first-order chi connectivity index (χ1) is 10.3. The van der Waals surface area contributed by atoms with E-state index >= 15 is 0 Å². The Balaban J connectivity index is 1.74. The van der Waals surface area contributed by atoms with Crippen LogP contribution in [0.15, 0.2) is 41.1 Å². The van der Waals surface area contributed by atoms with Gasteiger partial charge in [-0.2, -0.15) is 4.68 Å². The van der Waals surface area contributed by atoms with Crippen LogP contribution < -0.4 is 5.32 Å². The number of carbonyl (C=O) groups is 1. The fourth-order valence-corrected chi connectivity index (χ4v) is 1.86. The van der Waals surface area contributed by atoms with Gasteiger partial charge in [0, 0.05) is 0 Å². The first-order valence-corrected chi connectivity index (χ1v) is 6.28. The van der Waals surface area contributed by atoms with Crippen LogP contribution in [0.4, 0.5) is 0 Å². The molecule has 0 aliphatic carbocycles. The van der Waals surface area contributed by atoms with Crippen molar-refractivity contribution >= 4 is 5.91 Å². The molecule has 0 saturated carbocycles. The fraction of sp³-hybridized carbons (Fsp3) is 0.154. The standard InChI is InChI=1S/C13H12N6O2/c1-9-11(7-15-21-9)13(20)14-8-12-16-17-18-19(12)10-5-3-2-4-6-10/h2-7H,8H2,1H3,(H,14,20). The molecule has 1 N–H and O–H groups in total. The number of aromatic nitrogens is 5. The highest BCUT2D eigenvalue weighted by Crippen LogP contribution is 2.08. The lowest BCUT2D eigenvalue weighted by atomic mass is 10.2. The molecule has 2 heterocycles. The average molecular weight is 284 g/mol. The summed E-state index contributed by atoms with van der Waals surface area (Å²) in [4.78, 5) is 12.0. The topological polar surface area (TPSA) is 98.7 Å². The number of amides is 1. The van der Waals surface area contributed by atoms with E-state index in [1.54, 1.807) is 11.6 Å². The first kappa shape index (κ1) is 13.0. The molecule has 2 aromatic heterocycles. The van der Waals surface area contributed by atoms with Gasteiger partial charge < -0.3 is 9.84 Å². The Hall–Kier alpha value is -3.03. The van der Waals surface area contributed by atoms with Crippen LogP contribution in [0.2, 0.25) is 0 Å².